The van der Waals surface area contributed by atoms with Crippen molar-refractivity contribution in [3.8, 4) is 0 Å². The van der Waals surface area contributed by atoms with Gasteiger partial charge in [0.2, 0.25) is 0 Å². The molecule has 3 aromatic rings. The molecule has 2 aliphatic rings. The minimum atomic E-state index is -0.565. The molecule has 214 valence electrons. The minimum Gasteiger partial charge on any atom is -0.383 e. The predicted octanol–water partition coefficient (Wildman–Crippen LogP) is 6.86. The molecule has 2 fully saturated rings. The van der Waals surface area contributed by atoms with Gasteiger partial charge in [0.25, 0.3) is 0 Å². The maximum Gasteiger partial charge on any atom is 0.189 e. The van der Waals surface area contributed by atoms with Crippen molar-refractivity contribution in [1.82, 2.24) is 10.3 Å². The summed E-state index contributed by atoms with van der Waals surface area (Å²) in [7, 11) is 0. The van der Waals surface area contributed by atoms with Gasteiger partial charge in [-0.3, -0.25) is 4.79 Å². The highest BCUT2D eigenvalue weighted by atomic mass is 32.1. The Morgan fingerprint density at radius 3 is 2.52 bits per heavy atom. The fourth-order valence-corrected chi connectivity index (χ4v) is 7.78. The van der Waals surface area contributed by atoms with Crippen LogP contribution < -0.4 is 21.3 Å². The number of ketones is 1. The van der Waals surface area contributed by atoms with Crippen LogP contribution in [0, 0.1) is 17.7 Å². The molecule has 1 aliphatic carbocycles. The Balaban J connectivity index is 1.37. The van der Waals surface area contributed by atoms with Crippen LogP contribution in [0.4, 0.5) is 26.7 Å². The second-order valence-corrected chi connectivity index (χ2v) is 12.9. The first kappa shape index (κ1) is 28.6. The van der Waals surface area contributed by atoms with Gasteiger partial charge in [-0.25, -0.2) is 9.37 Å². The summed E-state index contributed by atoms with van der Waals surface area (Å²) in [6.07, 6.45) is 3.87. The highest BCUT2D eigenvalue weighted by Gasteiger charge is 2.50. The predicted molar refractivity (Wildman–Crippen MR) is 164 cm³/mol. The largest absolute Gasteiger partial charge is 0.383 e. The van der Waals surface area contributed by atoms with Crippen molar-refractivity contribution in [2.75, 3.05) is 35.6 Å². The fourth-order valence-electron chi connectivity index (χ4n) is 6.62. The molecule has 1 aliphatic heterocycles. The van der Waals surface area contributed by atoms with Crippen LogP contribution in [0.15, 0.2) is 48.5 Å². The zero-order chi connectivity index (χ0) is 28.4. The average molecular weight is 564 g/mol. The molecule has 5 rings (SSSR count). The number of carbonyl (C=O) groups excluding carboxylic acids is 1. The van der Waals surface area contributed by atoms with E-state index in [-0.39, 0.29) is 23.4 Å². The number of nitrogens with zero attached hydrogens (tertiary/aromatic N) is 2. The summed E-state index contributed by atoms with van der Waals surface area (Å²) in [6.45, 7) is 11.6. The molecule has 8 heteroatoms. The first-order valence-corrected chi connectivity index (χ1v) is 15.4. The number of thiazole rings is 1. The van der Waals surface area contributed by atoms with E-state index in [9.17, 15) is 9.18 Å². The summed E-state index contributed by atoms with van der Waals surface area (Å²) >= 11 is 1.44. The van der Waals surface area contributed by atoms with Gasteiger partial charge in [0.05, 0.1) is 10.8 Å². The molecule has 0 bridgehead atoms. The van der Waals surface area contributed by atoms with Gasteiger partial charge in [0.15, 0.2) is 5.13 Å². The fraction of sp³-hybridized carbons (Fsp3) is 0.500. The molecule has 0 radical (unpaired) electrons. The third-order valence-electron chi connectivity index (χ3n) is 8.97. The summed E-state index contributed by atoms with van der Waals surface area (Å²) in [5.74, 6) is -0.0434. The zero-order valence-corrected chi connectivity index (χ0v) is 24.9. The summed E-state index contributed by atoms with van der Waals surface area (Å²) in [6, 6.07) is 15.7. The lowest BCUT2D eigenvalue weighted by atomic mass is 9.58. The van der Waals surface area contributed by atoms with Crippen molar-refractivity contribution in [3.63, 3.8) is 0 Å². The van der Waals surface area contributed by atoms with Crippen LogP contribution in [0.1, 0.15) is 69.7 Å². The van der Waals surface area contributed by atoms with Gasteiger partial charge in [-0.1, -0.05) is 51.2 Å². The molecule has 1 saturated heterocycles. The lowest BCUT2D eigenvalue weighted by Crippen LogP contribution is -2.44. The maximum atomic E-state index is 14.3. The smallest absolute Gasteiger partial charge is 0.189 e. The number of hydrogen-bond acceptors (Lipinski definition) is 7. The molecular formula is C32H42FN5OS. The van der Waals surface area contributed by atoms with Crippen LogP contribution in [0.2, 0.25) is 0 Å². The molecule has 2 aromatic carbocycles. The molecule has 0 amide bonds. The third-order valence-corrected chi connectivity index (χ3v) is 10.0. The third kappa shape index (κ3) is 5.75. The Morgan fingerprint density at radius 1 is 1.15 bits per heavy atom. The summed E-state index contributed by atoms with van der Waals surface area (Å²) < 4.78 is 14.3. The molecular weight excluding hydrogens is 521 g/mol. The summed E-state index contributed by atoms with van der Waals surface area (Å²) in [5, 5.41) is 7.63. The number of nitrogen functional groups attached to an aromatic ring is 1. The number of carbonyl (C=O) groups is 1. The Kier molecular flexibility index (Phi) is 8.47. The van der Waals surface area contributed by atoms with Gasteiger partial charge in [0, 0.05) is 41.8 Å². The normalized spacial score (nSPS) is 24.1. The van der Waals surface area contributed by atoms with Crippen LogP contribution in [0.25, 0.3) is 0 Å². The van der Waals surface area contributed by atoms with Crippen molar-refractivity contribution in [3.05, 3.63) is 64.8 Å². The first-order chi connectivity index (χ1) is 19.2. The number of piperidine rings is 1. The number of nitrogens with two attached hydrogens (primary N) is 1. The second-order valence-electron chi connectivity index (χ2n) is 11.9. The highest BCUT2D eigenvalue weighted by molar-refractivity contribution is 7.16. The molecule has 0 spiro atoms. The first-order valence-electron chi connectivity index (χ1n) is 14.6. The van der Waals surface area contributed by atoms with E-state index in [1.54, 1.807) is 12.1 Å². The van der Waals surface area contributed by atoms with Gasteiger partial charge in [-0.05, 0) is 80.1 Å². The van der Waals surface area contributed by atoms with Crippen molar-refractivity contribution in [1.29, 1.82) is 0 Å². The monoisotopic (exact) mass is 563 g/mol. The lowest BCUT2D eigenvalue weighted by molar-refractivity contribution is -0.130. The van der Waals surface area contributed by atoms with E-state index in [1.807, 2.05) is 6.07 Å². The van der Waals surface area contributed by atoms with Crippen LogP contribution in [0.5, 0.6) is 0 Å². The van der Waals surface area contributed by atoms with Crippen molar-refractivity contribution in [2.45, 2.75) is 70.8 Å². The molecule has 1 aromatic heterocycles. The molecule has 4 N–H and O–H groups in total. The van der Waals surface area contributed by atoms with E-state index in [0.29, 0.717) is 17.0 Å². The molecule has 3 unspecified atom stereocenters. The Bertz CT molecular complexity index is 1320. The number of benzene rings is 2. The Morgan fingerprint density at radius 2 is 1.88 bits per heavy atom. The lowest BCUT2D eigenvalue weighted by Gasteiger charge is -2.44. The van der Waals surface area contributed by atoms with Gasteiger partial charge in [0.1, 0.15) is 17.4 Å². The van der Waals surface area contributed by atoms with E-state index >= 15 is 0 Å². The van der Waals surface area contributed by atoms with Gasteiger partial charge in [-0.15, -0.1) is 0 Å². The summed E-state index contributed by atoms with van der Waals surface area (Å²) in [4.78, 5) is 21.9. The Labute approximate surface area is 241 Å². The SMILES string of the molecule is CCNC1CCN(c2ccc(Nc3nc(N)c(C4C(=O)C(C(C)C)CCC4(C)c4cccc(F)c4)s3)cc2)CC1. The van der Waals surface area contributed by atoms with Crippen LogP contribution in [0.3, 0.4) is 0 Å². The van der Waals surface area contributed by atoms with Crippen molar-refractivity contribution >= 4 is 39.4 Å². The van der Waals surface area contributed by atoms with Crippen LogP contribution in [-0.4, -0.2) is 36.4 Å². The number of rotatable bonds is 8. The van der Waals surface area contributed by atoms with Gasteiger partial charge < -0.3 is 21.3 Å². The second kappa shape index (κ2) is 11.9. The number of nitrogens with one attached hydrogen (secondary N) is 2. The number of Topliss-reactive ketones (excluding diaryl/α,β-unsaturated/α-hetero) is 1. The van der Waals surface area contributed by atoms with E-state index in [4.69, 9.17) is 5.73 Å². The van der Waals surface area contributed by atoms with E-state index in [2.05, 4.69) is 72.5 Å². The minimum absolute atomic E-state index is 0.0556. The molecule has 1 saturated carbocycles. The highest BCUT2D eigenvalue weighted by Crippen LogP contribution is 2.53. The molecule has 40 heavy (non-hydrogen) atoms. The standard InChI is InChI=1S/C32H42FN5OS/c1-5-35-23-14-17-38(18-15-23)25-11-9-24(10-12-25)36-31-37-30(34)29(40-31)27-28(39)26(20(2)3)13-16-32(27,4)21-7-6-8-22(33)19-21/h6-12,19-20,23,26-27,35H,5,13-18,34H2,1-4H3,(H,36,37). The van der Waals surface area contributed by atoms with E-state index in [0.717, 1.165) is 61.4 Å². The number of hydrogen-bond donors (Lipinski definition) is 3. The van der Waals surface area contributed by atoms with Gasteiger partial charge in [-0.2, -0.15) is 0 Å². The quantitative estimate of drug-likeness (QED) is 0.278. The van der Waals surface area contributed by atoms with Gasteiger partial charge >= 0.3 is 0 Å². The zero-order valence-electron chi connectivity index (χ0n) is 24.0. The number of anilines is 4. The molecule has 2 heterocycles. The van der Waals surface area contributed by atoms with Crippen LogP contribution in [-0.2, 0) is 10.2 Å². The Hall–Kier alpha value is -2.97. The average Bonchev–Trinajstić information content (AvgIpc) is 3.28. The number of halogens is 1. The van der Waals surface area contributed by atoms with E-state index < -0.39 is 11.3 Å². The van der Waals surface area contributed by atoms with Crippen LogP contribution >= 0.6 is 11.3 Å². The maximum absolute atomic E-state index is 14.3. The molecule has 6 nitrogen and oxygen atoms in total. The van der Waals surface area contributed by atoms with E-state index in [1.165, 1.54) is 23.1 Å². The molecule has 3 atom stereocenters. The summed E-state index contributed by atoms with van der Waals surface area (Å²) in [5.41, 5.74) is 8.93. The van der Waals surface area contributed by atoms with Crippen molar-refractivity contribution in [2.24, 2.45) is 11.8 Å². The topological polar surface area (TPSA) is 83.3 Å². The van der Waals surface area contributed by atoms with Crippen molar-refractivity contribution < 1.29 is 9.18 Å². The number of aromatic nitrogens is 1.